The average Bonchev–Trinajstić information content (AvgIpc) is 2.76. The Labute approximate surface area is 114 Å². The highest BCUT2D eigenvalue weighted by atomic mass is 127. The summed E-state index contributed by atoms with van der Waals surface area (Å²) >= 11 is 2.15. The Balaban J connectivity index is 2.04. The molecule has 3 rings (SSSR count). The summed E-state index contributed by atoms with van der Waals surface area (Å²) in [5.74, 6) is 1.75. The average molecular weight is 337 g/mol. The lowest BCUT2D eigenvalue weighted by atomic mass is 10.0. The molecule has 1 heterocycles. The molecule has 86 valence electrons. The van der Waals surface area contributed by atoms with Crippen LogP contribution in [0.2, 0.25) is 0 Å². The number of aromatic nitrogens is 2. The molecule has 0 spiro atoms. The Kier molecular flexibility index (Phi) is 2.74. The van der Waals surface area contributed by atoms with Crippen LogP contribution in [-0.2, 0) is 6.42 Å². The van der Waals surface area contributed by atoms with E-state index in [9.17, 15) is 0 Å². The van der Waals surface area contributed by atoms with E-state index in [1.54, 1.807) is 6.20 Å². The van der Waals surface area contributed by atoms with Crippen molar-refractivity contribution < 1.29 is 0 Å². The number of nitrogens with two attached hydrogens (primary N) is 1. The predicted molar refractivity (Wildman–Crippen MR) is 75.8 cm³/mol. The molecule has 17 heavy (non-hydrogen) atoms. The zero-order valence-corrected chi connectivity index (χ0v) is 11.4. The second-order valence-corrected chi connectivity index (χ2v) is 5.41. The van der Waals surface area contributed by atoms with Crippen molar-refractivity contribution >= 4 is 28.4 Å². The molecule has 4 heteroatoms. The van der Waals surface area contributed by atoms with Crippen molar-refractivity contribution in [1.29, 1.82) is 0 Å². The molecule has 2 aromatic rings. The number of aryl methyl sites for hydroxylation is 1. The minimum atomic E-state index is 0.311. The number of anilines is 1. The molecule has 3 nitrogen and oxygen atoms in total. The van der Waals surface area contributed by atoms with Gasteiger partial charge in [0.15, 0.2) is 0 Å². The van der Waals surface area contributed by atoms with E-state index in [-0.39, 0.29) is 0 Å². The van der Waals surface area contributed by atoms with Gasteiger partial charge in [0, 0.05) is 12.1 Å². The van der Waals surface area contributed by atoms with E-state index in [4.69, 9.17) is 5.73 Å². The van der Waals surface area contributed by atoms with Crippen molar-refractivity contribution in [3.8, 4) is 0 Å². The van der Waals surface area contributed by atoms with Gasteiger partial charge in [-0.3, -0.25) is 0 Å². The van der Waals surface area contributed by atoms with Gasteiger partial charge in [-0.1, -0.05) is 24.3 Å². The summed E-state index contributed by atoms with van der Waals surface area (Å²) in [6.45, 7) is 0. The molecule has 0 fully saturated rings. The number of fused-ring (bicyclic) bond motifs is 1. The van der Waals surface area contributed by atoms with Crippen molar-refractivity contribution in [2.75, 3.05) is 5.73 Å². The van der Waals surface area contributed by atoms with Gasteiger partial charge in [0.1, 0.15) is 11.6 Å². The van der Waals surface area contributed by atoms with E-state index in [0.717, 1.165) is 22.2 Å². The van der Waals surface area contributed by atoms with E-state index >= 15 is 0 Å². The summed E-state index contributed by atoms with van der Waals surface area (Å²) in [6.07, 6.45) is 3.99. The van der Waals surface area contributed by atoms with Crippen molar-refractivity contribution in [2.45, 2.75) is 18.8 Å². The first kappa shape index (κ1) is 11.0. The summed E-state index contributed by atoms with van der Waals surface area (Å²) in [4.78, 5) is 8.83. The number of nitrogen functional groups attached to an aromatic ring is 1. The summed E-state index contributed by atoms with van der Waals surface area (Å²) in [5, 5.41) is 0. The number of hydrogen-bond donors (Lipinski definition) is 1. The normalized spacial score (nSPS) is 18.1. The van der Waals surface area contributed by atoms with Gasteiger partial charge in [-0.25, -0.2) is 9.97 Å². The van der Waals surface area contributed by atoms with Crippen molar-refractivity contribution in [2.24, 2.45) is 0 Å². The van der Waals surface area contributed by atoms with Crippen LogP contribution in [0.5, 0.6) is 0 Å². The first-order chi connectivity index (χ1) is 8.25. The Morgan fingerprint density at radius 1 is 1.29 bits per heavy atom. The highest BCUT2D eigenvalue weighted by Crippen LogP contribution is 2.36. The topological polar surface area (TPSA) is 51.8 Å². The van der Waals surface area contributed by atoms with Crippen LogP contribution in [0, 0.1) is 3.57 Å². The van der Waals surface area contributed by atoms with E-state index in [2.05, 4.69) is 56.8 Å². The molecule has 0 saturated heterocycles. The van der Waals surface area contributed by atoms with Crippen molar-refractivity contribution in [1.82, 2.24) is 9.97 Å². The predicted octanol–water partition coefficient (Wildman–Crippen LogP) is 2.74. The Morgan fingerprint density at radius 2 is 2.12 bits per heavy atom. The van der Waals surface area contributed by atoms with Crippen LogP contribution in [0.4, 0.5) is 5.82 Å². The van der Waals surface area contributed by atoms with Crippen molar-refractivity contribution in [3.05, 3.63) is 51.0 Å². The molecule has 1 aromatic carbocycles. The minimum Gasteiger partial charge on any atom is -0.383 e. The zero-order valence-electron chi connectivity index (χ0n) is 9.23. The van der Waals surface area contributed by atoms with Crippen LogP contribution < -0.4 is 5.73 Å². The monoisotopic (exact) mass is 337 g/mol. The molecule has 0 amide bonds. The van der Waals surface area contributed by atoms with E-state index in [1.807, 2.05) is 0 Å². The number of rotatable bonds is 1. The molecular weight excluding hydrogens is 325 g/mol. The van der Waals surface area contributed by atoms with Crippen LogP contribution in [-0.4, -0.2) is 9.97 Å². The number of hydrogen-bond acceptors (Lipinski definition) is 3. The van der Waals surface area contributed by atoms with Crippen LogP contribution >= 0.6 is 22.6 Å². The molecule has 1 aromatic heterocycles. The number of halogens is 1. The highest BCUT2D eigenvalue weighted by Gasteiger charge is 2.25. The molecule has 2 N–H and O–H groups in total. The first-order valence-corrected chi connectivity index (χ1v) is 6.69. The van der Waals surface area contributed by atoms with Gasteiger partial charge in [0.25, 0.3) is 0 Å². The second-order valence-electron chi connectivity index (χ2n) is 4.25. The fourth-order valence-electron chi connectivity index (χ4n) is 2.39. The third kappa shape index (κ3) is 1.90. The highest BCUT2D eigenvalue weighted by molar-refractivity contribution is 14.1. The SMILES string of the molecule is Nc1nc(C2CCc3ccccc32)ncc1I. The van der Waals surface area contributed by atoms with E-state index < -0.39 is 0 Å². The smallest absolute Gasteiger partial charge is 0.140 e. The van der Waals surface area contributed by atoms with Crippen LogP contribution in [0.1, 0.15) is 29.3 Å². The molecule has 0 aliphatic heterocycles. The Hall–Kier alpha value is -1.17. The van der Waals surface area contributed by atoms with Crippen molar-refractivity contribution in [3.63, 3.8) is 0 Å². The third-order valence-electron chi connectivity index (χ3n) is 3.23. The zero-order chi connectivity index (χ0) is 11.8. The fourth-order valence-corrected chi connectivity index (χ4v) is 2.65. The van der Waals surface area contributed by atoms with Crippen LogP contribution in [0.15, 0.2) is 30.5 Å². The molecule has 1 aliphatic rings. The summed E-state index contributed by atoms with van der Waals surface area (Å²) in [6, 6.07) is 8.52. The maximum Gasteiger partial charge on any atom is 0.140 e. The summed E-state index contributed by atoms with van der Waals surface area (Å²) in [5.41, 5.74) is 8.62. The standard InChI is InChI=1S/C13H12IN3/c14-11-7-16-13(17-12(11)15)10-6-5-8-3-1-2-4-9(8)10/h1-4,7,10H,5-6H2,(H2,15,16,17). The number of nitrogens with zero attached hydrogens (tertiary/aromatic N) is 2. The van der Waals surface area contributed by atoms with Gasteiger partial charge in [-0.15, -0.1) is 0 Å². The largest absolute Gasteiger partial charge is 0.383 e. The summed E-state index contributed by atoms with van der Waals surface area (Å²) in [7, 11) is 0. The van der Waals surface area contributed by atoms with Gasteiger partial charge < -0.3 is 5.73 Å². The van der Waals surface area contributed by atoms with Gasteiger partial charge in [0.05, 0.1) is 3.57 Å². The van der Waals surface area contributed by atoms with Gasteiger partial charge in [0.2, 0.25) is 0 Å². The molecule has 1 atom stereocenters. The Morgan fingerprint density at radius 3 is 2.94 bits per heavy atom. The molecule has 1 aliphatic carbocycles. The van der Waals surface area contributed by atoms with Crippen LogP contribution in [0.3, 0.4) is 0 Å². The van der Waals surface area contributed by atoms with E-state index in [1.165, 1.54) is 11.1 Å². The van der Waals surface area contributed by atoms with E-state index in [0.29, 0.717) is 11.7 Å². The fraction of sp³-hybridized carbons (Fsp3) is 0.231. The molecule has 0 bridgehead atoms. The molecule has 0 saturated carbocycles. The van der Waals surface area contributed by atoms with Gasteiger partial charge in [-0.05, 0) is 46.6 Å². The first-order valence-electron chi connectivity index (χ1n) is 5.61. The van der Waals surface area contributed by atoms with Gasteiger partial charge >= 0.3 is 0 Å². The third-order valence-corrected chi connectivity index (χ3v) is 4.07. The van der Waals surface area contributed by atoms with Gasteiger partial charge in [-0.2, -0.15) is 0 Å². The maximum atomic E-state index is 5.85. The molecule has 0 radical (unpaired) electrons. The second kappa shape index (κ2) is 4.25. The quantitative estimate of drug-likeness (QED) is 0.814. The Bertz CT molecular complexity index is 568. The minimum absolute atomic E-state index is 0.311. The summed E-state index contributed by atoms with van der Waals surface area (Å²) < 4.78 is 0.914. The number of benzene rings is 1. The maximum absolute atomic E-state index is 5.85. The lowest BCUT2D eigenvalue weighted by Gasteiger charge is -2.10. The molecular formula is C13H12IN3. The lowest BCUT2D eigenvalue weighted by Crippen LogP contribution is -2.06. The lowest BCUT2D eigenvalue weighted by molar-refractivity contribution is 0.729. The van der Waals surface area contributed by atoms with Crippen LogP contribution in [0.25, 0.3) is 0 Å². The molecule has 1 unspecified atom stereocenters.